The fraction of sp³-hybridized carbons (Fsp3) is 0.0741. The molecule has 0 aromatic heterocycles. The molecule has 0 amide bonds. The van der Waals surface area contributed by atoms with Crippen molar-refractivity contribution >= 4 is 27.9 Å². The maximum atomic E-state index is 13.1. The molecule has 0 heterocycles. The molecule has 0 saturated carbocycles. The van der Waals surface area contributed by atoms with E-state index in [1.54, 1.807) is 74.7 Å². The number of hydrogen-bond donors (Lipinski definition) is 2. The van der Waals surface area contributed by atoms with Crippen LogP contribution in [0.25, 0.3) is 0 Å². The lowest BCUT2D eigenvalue weighted by Gasteiger charge is -2.12. The summed E-state index contributed by atoms with van der Waals surface area (Å²) in [6, 6.07) is 21.8. The molecule has 39 heavy (non-hydrogen) atoms. The van der Waals surface area contributed by atoms with Crippen molar-refractivity contribution in [3.8, 4) is 28.7 Å². The molecule has 0 bridgehead atoms. The molecule has 0 radical (unpaired) electrons. The highest BCUT2D eigenvalue weighted by atomic mass is 32.2. The Kier molecular flexibility index (Phi) is 8.86. The van der Waals surface area contributed by atoms with Crippen LogP contribution >= 0.6 is 12.0 Å². The van der Waals surface area contributed by atoms with Gasteiger partial charge >= 0.3 is 0 Å². The second kappa shape index (κ2) is 12.3. The van der Waals surface area contributed by atoms with Crippen LogP contribution in [0.1, 0.15) is 21.5 Å². The summed E-state index contributed by atoms with van der Waals surface area (Å²) in [5.41, 5.74) is 0.959. The fourth-order valence-electron chi connectivity index (χ4n) is 3.47. The van der Waals surface area contributed by atoms with E-state index in [0.29, 0.717) is 34.2 Å². The van der Waals surface area contributed by atoms with Crippen molar-refractivity contribution in [1.29, 1.82) is 0 Å². The third-order valence-electron chi connectivity index (χ3n) is 5.44. The summed E-state index contributed by atoms with van der Waals surface area (Å²) in [5, 5.41) is 12.0. The largest absolute Gasteiger partial charge is 0.497 e. The smallest absolute Gasteiger partial charge is 0.298 e. The molecule has 0 saturated heterocycles. The number of ketones is 1. The highest BCUT2D eigenvalue weighted by molar-refractivity contribution is 7.94. The van der Waals surface area contributed by atoms with Gasteiger partial charge in [-0.15, -0.1) is 4.33 Å². The molecule has 0 aliphatic rings. The zero-order valence-electron chi connectivity index (χ0n) is 20.6. The van der Waals surface area contributed by atoms with E-state index < -0.39 is 20.8 Å². The van der Waals surface area contributed by atoms with Gasteiger partial charge in [-0.1, -0.05) is 17.2 Å². The lowest BCUT2D eigenvalue weighted by atomic mass is 10.0. The first-order valence-corrected chi connectivity index (χ1v) is 13.4. The monoisotopic (exact) mass is 570 g/mol. The lowest BCUT2D eigenvalue weighted by Crippen LogP contribution is -2.07. The van der Waals surface area contributed by atoms with Crippen molar-refractivity contribution in [3.63, 3.8) is 0 Å². The Bertz CT molecular complexity index is 1570. The van der Waals surface area contributed by atoms with Gasteiger partial charge in [0.25, 0.3) is 10.1 Å². The summed E-state index contributed by atoms with van der Waals surface area (Å²) in [7, 11) is -3.18. The van der Waals surface area contributed by atoms with Gasteiger partial charge in [0.1, 0.15) is 33.6 Å². The molecule has 0 spiro atoms. The molecular weight excluding hydrogens is 548 g/mol. The predicted molar refractivity (Wildman–Crippen MR) is 141 cm³/mol. The van der Waals surface area contributed by atoms with E-state index in [1.165, 1.54) is 18.2 Å². The second-order valence-electron chi connectivity index (χ2n) is 8.02. The van der Waals surface area contributed by atoms with E-state index >= 15 is 0 Å². The van der Waals surface area contributed by atoms with E-state index in [0.717, 1.165) is 11.6 Å². The first-order chi connectivity index (χ1) is 18.7. The van der Waals surface area contributed by atoms with E-state index in [2.05, 4.69) is 9.37 Å². The van der Waals surface area contributed by atoms with Gasteiger partial charge < -0.3 is 14.2 Å². The fourth-order valence-corrected chi connectivity index (χ4v) is 4.59. The van der Waals surface area contributed by atoms with Crippen LogP contribution in [-0.2, 0) is 19.5 Å². The summed E-state index contributed by atoms with van der Waals surface area (Å²) >= 11 is 0.693. The number of aryl methyl sites for hydroxylation is 1. The lowest BCUT2D eigenvalue weighted by molar-refractivity contribution is -0.432. The average molecular weight is 571 g/mol. The van der Waals surface area contributed by atoms with Crippen LogP contribution < -0.4 is 14.2 Å². The molecule has 0 atom stereocenters. The number of rotatable bonds is 11. The average Bonchev–Trinajstić information content (AvgIpc) is 2.93. The summed E-state index contributed by atoms with van der Waals surface area (Å²) in [4.78, 5) is 13.0. The highest BCUT2D eigenvalue weighted by Gasteiger charge is 2.21. The number of methoxy groups -OCH3 is 1. The Morgan fingerprint density at radius 3 is 1.87 bits per heavy atom. The number of carbonyl (C=O) groups is 1. The number of carbonyl (C=O) groups excluding carboxylic acids is 1. The van der Waals surface area contributed by atoms with Crippen molar-refractivity contribution < 1.29 is 46.6 Å². The molecule has 0 aliphatic carbocycles. The van der Waals surface area contributed by atoms with Crippen LogP contribution in [0.3, 0.4) is 0 Å². The van der Waals surface area contributed by atoms with Crippen LogP contribution in [0.4, 0.5) is 0 Å². The van der Waals surface area contributed by atoms with Gasteiger partial charge in [0.05, 0.1) is 19.2 Å². The third kappa shape index (κ3) is 7.15. The molecular formula is C27H22O10S2. The number of benzene rings is 4. The summed E-state index contributed by atoms with van der Waals surface area (Å²) < 4.78 is 55.2. The molecule has 2 N–H and O–H groups in total. The Labute approximate surface area is 228 Å². The minimum atomic E-state index is -4.75. The molecule has 4 rings (SSSR count). The first-order valence-electron chi connectivity index (χ1n) is 11.2. The second-order valence-corrected chi connectivity index (χ2v) is 10.2. The molecule has 0 aliphatic heterocycles. The van der Waals surface area contributed by atoms with Gasteiger partial charge in [0.15, 0.2) is 5.78 Å². The first kappa shape index (κ1) is 28.1. The van der Waals surface area contributed by atoms with Gasteiger partial charge in [0, 0.05) is 16.0 Å². The Morgan fingerprint density at radius 2 is 1.31 bits per heavy atom. The number of hydrogen-bond acceptors (Lipinski definition) is 10. The van der Waals surface area contributed by atoms with E-state index in [9.17, 15) is 17.8 Å². The zero-order chi connectivity index (χ0) is 28.0. The van der Waals surface area contributed by atoms with Gasteiger partial charge in [-0.25, -0.2) is 5.26 Å². The van der Waals surface area contributed by atoms with Crippen LogP contribution in [0.5, 0.6) is 28.7 Å². The summed E-state index contributed by atoms with van der Waals surface area (Å²) in [6.07, 6.45) is 0. The maximum Gasteiger partial charge on any atom is 0.298 e. The minimum Gasteiger partial charge on any atom is -0.497 e. The van der Waals surface area contributed by atoms with Crippen LogP contribution in [0.15, 0.2) is 94.7 Å². The summed E-state index contributed by atoms with van der Waals surface area (Å²) in [5.74, 6) is 1.37. The molecule has 202 valence electrons. The van der Waals surface area contributed by atoms with Crippen molar-refractivity contribution in [2.45, 2.75) is 16.7 Å². The van der Waals surface area contributed by atoms with E-state index in [1.807, 2.05) is 0 Å². The Hall–Kier alpha value is -3.91. The van der Waals surface area contributed by atoms with Gasteiger partial charge in [0.2, 0.25) is 0 Å². The molecule has 10 nitrogen and oxygen atoms in total. The van der Waals surface area contributed by atoms with Crippen LogP contribution in [0.2, 0.25) is 0 Å². The van der Waals surface area contributed by atoms with Crippen LogP contribution in [0, 0.1) is 6.92 Å². The van der Waals surface area contributed by atoms with Gasteiger partial charge in [-0.2, -0.15) is 8.42 Å². The molecule has 0 unspecified atom stereocenters. The topological polar surface area (TPSA) is 138 Å². The third-order valence-corrected chi connectivity index (χ3v) is 7.06. The predicted octanol–water partition coefficient (Wildman–Crippen LogP) is 6.49. The Morgan fingerprint density at radius 1 is 0.769 bits per heavy atom. The quantitative estimate of drug-likeness (QED) is 0.0672. The number of ether oxygens (including phenoxy) is 3. The van der Waals surface area contributed by atoms with E-state index in [4.69, 9.17) is 19.5 Å². The van der Waals surface area contributed by atoms with Crippen molar-refractivity contribution in [2.75, 3.05) is 7.11 Å². The maximum absolute atomic E-state index is 13.1. The van der Waals surface area contributed by atoms with E-state index in [-0.39, 0.29) is 22.6 Å². The molecule has 12 heteroatoms. The zero-order valence-corrected chi connectivity index (χ0v) is 22.2. The molecule has 4 aromatic rings. The summed E-state index contributed by atoms with van der Waals surface area (Å²) in [6.45, 7) is 1.76. The van der Waals surface area contributed by atoms with Gasteiger partial charge in [-0.3, -0.25) is 9.35 Å². The highest BCUT2D eigenvalue weighted by Crippen LogP contribution is 2.33. The van der Waals surface area contributed by atoms with Crippen molar-refractivity contribution in [1.82, 2.24) is 0 Å². The van der Waals surface area contributed by atoms with Crippen LogP contribution in [-0.4, -0.2) is 31.1 Å². The molecule has 0 fully saturated rings. The van der Waals surface area contributed by atoms with Gasteiger partial charge in [-0.05, 0) is 85.3 Å². The van der Waals surface area contributed by atoms with Crippen molar-refractivity contribution in [3.05, 3.63) is 102 Å². The normalized spacial score (nSPS) is 11.2. The SMILES string of the molecule is COc1ccc(Oc2ccc(Oc3ccc(C(=O)c4ccc(C)c(SOOO)c4)cc3S(=O)(=O)O)cc2)cc1. The molecule has 4 aromatic carbocycles. The van der Waals surface area contributed by atoms with Crippen molar-refractivity contribution in [2.24, 2.45) is 0 Å². The standard InChI is InChI=1S/C27H22O10S2/c1-17-3-4-18(15-25(17)38-37-36-29)27(28)19-5-14-24(26(16-19)39(30,31)32)35-23-12-10-22(11-13-23)34-21-8-6-20(33-2)7-9-21/h3-16,29H,1-2H3,(H,30,31,32). The Balaban J connectivity index is 1.55. The minimum absolute atomic E-state index is 0.00246.